The molecule has 2 N–H and O–H groups in total. The van der Waals surface area contributed by atoms with Crippen LogP contribution >= 0.6 is 11.8 Å². The number of carbonyl (C=O) groups is 1. The Morgan fingerprint density at radius 2 is 2.12 bits per heavy atom. The summed E-state index contributed by atoms with van der Waals surface area (Å²) in [5.41, 5.74) is 7.42. The van der Waals surface area contributed by atoms with Gasteiger partial charge in [0.2, 0.25) is 5.91 Å². The van der Waals surface area contributed by atoms with Crippen molar-refractivity contribution < 1.29 is 4.79 Å². The van der Waals surface area contributed by atoms with E-state index in [0.717, 1.165) is 41.0 Å². The molecule has 1 saturated carbocycles. The normalized spacial score (nSPS) is 14.5. The van der Waals surface area contributed by atoms with Crippen molar-refractivity contribution >= 4 is 28.6 Å². The van der Waals surface area contributed by atoms with E-state index in [1.54, 1.807) is 16.4 Å². The van der Waals surface area contributed by atoms with Gasteiger partial charge in [-0.15, -0.1) is 16.9 Å². The molecular weight excluding hydrogens is 346 g/mol. The summed E-state index contributed by atoms with van der Waals surface area (Å²) >= 11 is 1.70. The van der Waals surface area contributed by atoms with Crippen molar-refractivity contribution in [3.8, 4) is 5.82 Å². The maximum Gasteiger partial charge on any atom is 0.225 e. The molecule has 0 radical (unpaired) electrons. The number of fused-ring (bicyclic) bond motifs is 1. The molecule has 0 bridgehead atoms. The van der Waals surface area contributed by atoms with Crippen LogP contribution in [0.3, 0.4) is 0 Å². The molecule has 1 aromatic carbocycles. The minimum Gasteiger partial charge on any atom is -0.369 e. The van der Waals surface area contributed by atoms with Crippen molar-refractivity contribution in [2.24, 2.45) is 5.73 Å². The van der Waals surface area contributed by atoms with Crippen LogP contribution in [0.4, 0.5) is 0 Å². The molecule has 2 heterocycles. The molecule has 3 aromatic rings. The molecular formula is C19H21N5OS. The number of rotatable bonds is 5. The number of benzene rings is 1. The van der Waals surface area contributed by atoms with E-state index in [2.05, 4.69) is 41.5 Å². The first-order valence-electron chi connectivity index (χ1n) is 8.75. The van der Waals surface area contributed by atoms with Gasteiger partial charge in [-0.3, -0.25) is 4.79 Å². The fraction of sp³-hybridized carbons (Fsp3) is 0.368. The number of hydrogen-bond donors (Lipinski definition) is 1. The molecule has 2 aromatic heterocycles. The van der Waals surface area contributed by atoms with Gasteiger partial charge in [-0.2, -0.15) is 4.68 Å². The first kappa shape index (κ1) is 17.0. The molecule has 0 spiro atoms. The highest BCUT2D eigenvalue weighted by atomic mass is 32.2. The van der Waals surface area contributed by atoms with Crippen molar-refractivity contribution in [3.63, 3.8) is 0 Å². The summed E-state index contributed by atoms with van der Waals surface area (Å²) in [5, 5.41) is 5.68. The molecule has 1 aliphatic rings. The molecule has 6 nitrogen and oxygen atoms in total. The van der Waals surface area contributed by atoms with E-state index in [-0.39, 0.29) is 6.42 Å². The zero-order valence-electron chi connectivity index (χ0n) is 14.9. The Kier molecular flexibility index (Phi) is 4.40. The molecule has 1 amide bonds. The highest BCUT2D eigenvalue weighted by Gasteiger charge is 2.27. The van der Waals surface area contributed by atoms with Gasteiger partial charge in [0.1, 0.15) is 5.82 Å². The number of primary amides is 1. The SMILES string of the molecule is CSc1ccc2c(C)cc(-n3nc(CC(N)=O)nc3C3CCC3)nc2c1. The summed E-state index contributed by atoms with van der Waals surface area (Å²) < 4.78 is 1.81. The van der Waals surface area contributed by atoms with Crippen LogP contribution < -0.4 is 5.73 Å². The predicted molar refractivity (Wildman–Crippen MR) is 103 cm³/mol. The summed E-state index contributed by atoms with van der Waals surface area (Å²) in [7, 11) is 0. The number of amides is 1. The van der Waals surface area contributed by atoms with E-state index in [1.165, 1.54) is 11.3 Å². The number of aromatic nitrogens is 4. The van der Waals surface area contributed by atoms with Crippen molar-refractivity contribution in [1.82, 2.24) is 19.7 Å². The van der Waals surface area contributed by atoms with Gasteiger partial charge in [-0.25, -0.2) is 9.97 Å². The highest BCUT2D eigenvalue weighted by Crippen LogP contribution is 2.36. The number of hydrogen-bond acceptors (Lipinski definition) is 5. The monoisotopic (exact) mass is 367 g/mol. The number of pyridine rings is 1. The van der Waals surface area contributed by atoms with Crippen LogP contribution in [0.5, 0.6) is 0 Å². The van der Waals surface area contributed by atoms with Crippen LogP contribution in [0, 0.1) is 6.92 Å². The molecule has 0 saturated heterocycles. The largest absolute Gasteiger partial charge is 0.369 e. The quantitative estimate of drug-likeness (QED) is 0.700. The van der Waals surface area contributed by atoms with E-state index in [0.29, 0.717) is 11.7 Å². The van der Waals surface area contributed by atoms with E-state index < -0.39 is 5.91 Å². The molecule has 4 rings (SSSR count). The Hall–Kier alpha value is -2.41. The Balaban J connectivity index is 1.85. The minimum absolute atomic E-state index is 0.0515. The molecule has 0 unspecified atom stereocenters. The Morgan fingerprint density at radius 1 is 1.31 bits per heavy atom. The summed E-state index contributed by atoms with van der Waals surface area (Å²) in [6.07, 6.45) is 5.50. The van der Waals surface area contributed by atoms with Gasteiger partial charge in [0.05, 0.1) is 11.9 Å². The smallest absolute Gasteiger partial charge is 0.225 e. The standard InChI is InChI=1S/C19H21N5OS/c1-11-8-18(21-15-9-13(26-2)6-7-14(11)15)24-19(12-4-3-5-12)22-17(23-24)10-16(20)25/h6-9,12H,3-5,10H2,1-2H3,(H2,20,25). The molecule has 1 fully saturated rings. The van der Waals surface area contributed by atoms with Crippen molar-refractivity contribution in [3.05, 3.63) is 41.5 Å². The number of aryl methyl sites for hydroxylation is 1. The Morgan fingerprint density at radius 3 is 2.77 bits per heavy atom. The Labute approximate surface area is 156 Å². The number of nitrogens with two attached hydrogens (primary N) is 1. The maximum absolute atomic E-state index is 11.3. The van der Waals surface area contributed by atoms with E-state index in [4.69, 9.17) is 10.7 Å². The molecule has 134 valence electrons. The van der Waals surface area contributed by atoms with E-state index in [1.807, 2.05) is 6.07 Å². The van der Waals surface area contributed by atoms with Gasteiger partial charge < -0.3 is 5.73 Å². The Bertz CT molecular complexity index is 993. The van der Waals surface area contributed by atoms with Gasteiger partial charge >= 0.3 is 0 Å². The number of nitrogens with zero attached hydrogens (tertiary/aromatic N) is 4. The molecule has 0 aliphatic heterocycles. The van der Waals surface area contributed by atoms with Gasteiger partial charge in [0, 0.05) is 16.2 Å². The fourth-order valence-corrected chi connectivity index (χ4v) is 3.73. The first-order chi connectivity index (χ1) is 12.5. The van der Waals surface area contributed by atoms with Crippen LogP contribution in [0.1, 0.15) is 42.4 Å². The number of thioether (sulfide) groups is 1. The first-order valence-corrected chi connectivity index (χ1v) is 9.97. The third kappa shape index (κ3) is 3.07. The average Bonchev–Trinajstić information content (AvgIpc) is 2.95. The summed E-state index contributed by atoms with van der Waals surface area (Å²) in [6, 6.07) is 8.36. The summed E-state index contributed by atoms with van der Waals surface area (Å²) in [4.78, 5) is 21.9. The zero-order chi connectivity index (χ0) is 18.3. The van der Waals surface area contributed by atoms with Crippen LogP contribution in [-0.4, -0.2) is 31.9 Å². The highest BCUT2D eigenvalue weighted by molar-refractivity contribution is 7.98. The third-order valence-corrected chi connectivity index (χ3v) is 5.63. The van der Waals surface area contributed by atoms with Crippen molar-refractivity contribution in [1.29, 1.82) is 0 Å². The summed E-state index contributed by atoms with van der Waals surface area (Å²) in [5.74, 6) is 2.06. The van der Waals surface area contributed by atoms with Crippen molar-refractivity contribution in [2.75, 3.05) is 6.26 Å². The lowest BCUT2D eigenvalue weighted by molar-refractivity contribution is -0.117. The van der Waals surface area contributed by atoms with Gasteiger partial charge in [-0.05, 0) is 49.8 Å². The van der Waals surface area contributed by atoms with Gasteiger partial charge in [0.25, 0.3) is 0 Å². The minimum atomic E-state index is -0.422. The zero-order valence-corrected chi connectivity index (χ0v) is 15.7. The van der Waals surface area contributed by atoms with Crippen LogP contribution in [-0.2, 0) is 11.2 Å². The van der Waals surface area contributed by atoms with Gasteiger partial charge in [-0.1, -0.05) is 12.5 Å². The maximum atomic E-state index is 11.3. The molecule has 0 atom stereocenters. The predicted octanol–water partition coefficient (Wildman–Crippen LogP) is 3.14. The van der Waals surface area contributed by atoms with Crippen LogP contribution in [0.15, 0.2) is 29.2 Å². The third-order valence-electron chi connectivity index (χ3n) is 4.91. The lowest BCUT2D eigenvalue weighted by atomic mass is 9.85. The second kappa shape index (κ2) is 6.72. The second-order valence-electron chi connectivity index (χ2n) is 6.75. The van der Waals surface area contributed by atoms with Gasteiger partial charge in [0.15, 0.2) is 11.6 Å². The fourth-order valence-electron chi connectivity index (χ4n) is 3.30. The molecule has 26 heavy (non-hydrogen) atoms. The van der Waals surface area contributed by atoms with Crippen molar-refractivity contribution in [2.45, 2.75) is 43.4 Å². The average molecular weight is 367 g/mol. The van der Waals surface area contributed by atoms with Crippen LogP contribution in [0.2, 0.25) is 0 Å². The van der Waals surface area contributed by atoms with E-state index in [9.17, 15) is 4.79 Å². The molecule has 1 aliphatic carbocycles. The topological polar surface area (TPSA) is 86.7 Å². The number of carbonyl (C=O) groups excluding carboxylic acids is 1. The second-order valence-corrected chi connectivity index (χ2v) is 7.63. The van der Waals surface area contributed by atoms with Crippen LogP contribution in [0.25, 0.3) is 16.7 Å². The summed E-state index contributed by atoms with van der Waals surface area (Å²) in [6.45, 7) is 2.08. The van der Waals surface area contributed by atoms with E-state index >= 15 is 0 Å². The lowest BCUT2D eigenvalue weighted by Crippen LogP contribution is -2.16. The lowest BCUT2D eigenvalue weighted by Gasteiger charge is -2.24. The molecule has 7 heteroatoms.